The zero-order chi connectivity index (χ0) is 20.7. The van der Waals surface area contributed by atoms with Crippen molar-refractivity contribution >= 4 is 5.91 Å². The highest BCUT2D eigenvalue weighted by molar-refractivity contribution is 5.94. The van der Waals surface area contributed by atoms with Crippen molar-refractivity contribution in [2.45, 2.75) is 32.1 Å². The molecule has 1 fully saturated rings. The van der Waals surface area contributed by atoms with Crippen LogP contribution in [-0.2, 0) is 13.1 Å². The highest BCUT2D eigenvalue weighted by Gasteiger charge is 2.44. The number of fused-ring (bicyclic) bond motifs is 3. The number of ether oxygens (including phenoxy) is 1. The predicted molar refractivity (Wildman–Crippen MR) is 117 cm³/mol. The third kappa shape index (κ3) is 3.39. The van der Waals surface area contributed by atoms with Gasteiger partial charge in [-0.1, -0.05) is 42.0 Å². The smallest absolute Gasteiger partial charge is 0.271 e. The number of hydrogen-bond acceptors (Lipinski definition) is 3. The molecule has 1 amide bonds. The molecule has 2 aliphatic rings. The number of rotatable bonds is 5. The second kappa shape index (κ2) is 7.65. The van der Waals surface area contributed by atoms with Gasteiger partial charge in [0, 0.05) is 32.4 Å². The molecule has 0 unspecified atom stereocenters. The fourth-order valence-corrected chi connectivity index (χ4v) is 4.90. The molecule has 154 valence electrons. The first kappa shape index (κ1) is 18.9. The maximum absolute atomic E-state index is 13.3. The van der Waals surface area contributed by atoms with Gasteiger partial charge in [0.05, 0.1) is 19.2 Å². The number of aryl methyl sites for hydroxylation is 1. The summed E-state index contributed by atoms with van der Waals surface area (Å²) in [7, 11) is 1.67. The Morgan fingerprint density at radius 3 is 2.50 bits per heavy atom. The van der Waals surface area contributed by atoms with Crippen molar-refractivity contribution in [1.82, 2.24) is 14.4 Å². The van der Waals surface area contributed by atoms with Crippen LogP contribution in [0.3, 0.4) is 0 Å². The zero-order valence-electron chi connectivity index (χ0n) is 17.5. The number of aromatic nitrogens is 1. The second-order valence-electron chi connectivity index (χ2n) is 8.40. The fourth-order valence-electron chi connectivity index (χ4n) is 4.90. The number of carbonyl (C=O) groups is 1. The molecule has 5 nitrogen and oxygen atoms in total. The molecule has 5 heteroatoms. The van der Waals surface area contributed by atoms with Gasteiger partial charge in [-0.2, -0.15) is 0 Å². The van der Waals surface area contributed by atoms with Crippen molar-refractivity contribution in [3.8, 4) is 5.75 Å². The van der Waals surface area contributed by atoms with Crippen LogP contribution in [0.1, 0.15) is 33.2 Å². The molecule has 0 saturated carbocycles. The van der Waals surface area contributed by atoms with E-state index in [-0.39, 0.29) is 18.0 Å². The van der Waals surface area contributed by atoms with Gasteiger partial charge in [-0.15, -0.1) is 0 Å². The lowest BCUT2D eigenvalue weighted by Crippen LogP contribution is -2.49. The van der Waals surface area contributed by atoms with Crippen LogP contribution in [0.15, 0.2) is 66.9 Å². The van der Waals surface area contributed by atoms with Crippen LogP contribution in [0, 0.1) is 6.92 Å². The number of benzene rings is 2. The maximum Gasteiger partial charge on any atom is 0.271 e. The van der Waals surface area contributed by atoms with Crippen LogP contribution in [0.2, 0.25) is 0 Å². The summed E-state index contributed by atoms with van der Waals surface area (Å²) in [6.45, 7) is 5.50. The van der Waals surface area contributed by atoms with Crippen molar-refractivity contribution in [1.29, 1.82) is 0 Å². The second-order valence-corrected chi connectivity index (χ2v) is 8.40. The molecule has 3 heterocycles. The fraction of sp³-hybridized carbons (Fsp3) is 0.320. The molecule has 0 radical (unpaired) electrons. The quantitative estimate of drug-likeness (QED) is 0.651. The summed E-state index contributed by atoms with van der Waals surface area (Å²) in [5.74, 6) is 0.954. The molecule has 1 saturated heterocycles. The Bertz CT molecular complexity index is 1060. The van der Waals surface area contributed by atoms with Gasteiger partial charge in [0.1, 0.15) is 11.4 Å². The standard InChI is InChI=1S/C25H27N3O2/c1-18-5-3-6-20(13-18)14-26-16-23-24(17-26)28(25(29)22-7-4-12-27(22)23)15-19-8-10-21(30-2)11-9-19/h3-13,23-24H,14-17H2,1-2H3/t23-,24+/m0/s1. The first-order chi connectivity index (χ1) is 14.6. The molecule has 2 aliphatic heterocycles. The molecule has 3 aromatic rings. The van der Waals surface area contributed by atoms with Crippen LogP contribution < -0.4 is 4.74 Å². The van der Waals surface area contributed by atoms with Crippen molar-refractivity contribution < 1.29 is 9.53 Å². The van der Waals surface area contributed by atoms with E-state index < -0.39 is 0 Å². The summed E-state index contributed by atoms with van der Waals surface area (Å²) >= 11 is 0. The highest BCUT2D eigenvalue weighted by atomic mass is 16.5. The monoisotopic (exact) mass is 401 g/mol. The van der Waals surface area contributed by atoms with Gasteiger partial charge < -0.3 is 14.2 Å². The Hall–Kier alpha value is -3.05. The summed E-state index contributed by atoms with van der Waals surface area (Å²) < 4.78 is 7.46. The van der Waals surface area contributed by atoms with Crippen LogP contribution in [0.4, 0.5) is 0 Å². The summed E-state index contributed by atoms with van der Waals surface area (Å²) in [4.78, 5) is 17.9. The number of likely N-dealkylation sites (tertiary alicyclic amines) is 1. The van der Waals surface area contributed by atoms with Crippen molar-refractivity contribution in [2.24, 2.45) is 0 Å². The van der Waals surface area contributed by atoms with Gasteiger partial charge in [0.25, 0.3) is 5.91 Å². The number of hydrogen-bond donors (Lipinski definition) is 0. The van der Waals surface area contributed by atoms with Crippen molar-refractivity contribution in [3.63, 3.8) is 0 Å². The summed E-state index contributed by atoms with van der Waals surface area (Å²) in [6.07, 6.45) is 2.06. The Balaban J connectivity index is 1.41. The lowest BCUT2D eigenvalue weighted by atomic mass is 10.0. The van der Waals surface area contributed by atoms with E-state index in [0.29, 0.717) is 6.54 Å². The van der Waals surface area contributed by atoms with Gasteiger partial charge in [0.15, 0.2) is 0 Å². The number of methoxy groups -OCH3 is 1. The van der Waals surface area contributed by atoms with Crippen molar-refractivity contribution in [2.75, 3.05) is 20.2 Å². The average molecular weight is 402 g/mol. The van der Waals surface area contributed by atoms with Gasteiger partial charge in [-0.05, 0) is 42.3 Å². The summed E-state index contributed by atoms with van der Waals surface area (Å²) in [5, 5.41) is 0. The molecule has 30 heavy (non-hydrogen) atoms. The minimum absolute atomic E-state index is 0.120. The molecule has 5 rings (SSSR count). The largest absolute Gasteiger partial charge is 0.497 e. The zero-order valence-corrected chi connectivity index (χ0v) is 17.5. The van der Waals surface area contributed by atoms with Crippen LogP contribution >= 0.6 is 0 Å². The minimum Gasteiger partial charge on any atom is -0.497 e. The van der Waals surface area contributed by atoms with Crippen LogP contribution in [0.25, 0.3) is 0 Å². The van der Waals surface area contributed by atoms with E-state index in [1.165, 1.54) is 11.1 Å². The van der Waals surface area contributed by atoms with E-state index in [1.54, 1.807) is 7.11 Å². The molecule has 2 aromatic carbocycles. The summed E-state index contributed by atoms with van der Waals surface area (Å²) in [6, 6.07) is 21.1. The van der Waals surface area contributed by atoms with Crippen molar-refractivity contribution in [3.05, 3.63) is 89.2 Å². The Morgan fingerprint density at radius 1 is 0.933 bits per heavy atom. The minimum atomic E-state index is 0.120. The van der Waals surface area contributed by atoms with E-state index in [9.17, 15) is 4.79 Å². The van der Waals surface area contributed by atoms with E-state index in [4.69, 9.17) is 4.74 Å². The van der Waals surface area contributed by atoms with Gasteiger partial charge >= 0.3 is 0 Å². The Kier molecular flexibility index (Phi) is 4.83. The lowest BCUT2D eigenvalue weighted by Gasteiger charge is -2.38. The molecule has 2 atom stereocenters. The molecular weight excluding hydrogens is 374 g/mol. The third-order valence-electron chi connectivity index (χ3n) is 6.35. The van der Waals surface area contributed by atoms with E-state index in [1.807, 2.05) is 36.4 Å². The highest BCUT2D eigenvalue weighted by Crippen LogP contribution is 2.35. The molecule has 0 N–H and O–H groups in total. The van der Waals surface area contributed by atoms with Crippen LogP contribution in [0.5, 0.6) is 5.75 Å². The Labute approximate surface area is 177 Å². The third-order valence-corrected chi connectivity index (χ3v) is 6.35. The Morgan fingerprint density at radius 2 is 1.73 bits per heavy atom. The molecular formula is C25H27N3O2. The molecule has 1 aromatic heterocycles. The van der Waals surface area contributed by atoms with Gasteiger partial charge in [-0.3, -0.25) is 9.69 Å². The molecule has 0 spiro atoms. The SMILES string of the molecule is COc1ccc(CN2C(=O)c3cccn3[C@H]3CN(Cc4cccc(C)c4)C[C@H]32)cc1. The summed E-state index contributed by atoms with van der Waals surface area (Å²) in [5.41, 5.74) is 4.53. The number of amides is 1. The van der Waals surface area contributed by atoms with Gasteiger partial charge in [0.2, 0.25) is 0 Å². The first-order valence-corrected chi connectivity index (χ1v) is 10.5. The molecule has 0 bridgehead atoms. The number of carbonyl (C=O) groups excluding carboxylic acids is 1. The van der Waals surface area contributed by atoms with E-state index in [2.05, 4.69) is 51.8 Å². The normalized spacial score (nSPS) is 20.9. The van der Waals surface area contributed by atoms with E-state index in [0.717, 1.165) is 36.6 Å². The maximum atomic E-state index is 13.3. The van der Waals surface area contributed by atoms with E-state index >= 15 is 0 Å². The molecule has 0 aliphatic carbocycles. The first-order valence-electron chi connectivity index (χ1n) is 10.5. The lowest BCUT2D eigenvalue weighted by molar-refractivity contribution is 0.0556. The van der Waals surface area contributed by atoms with Crippen LogP contribution in [-0.4, -0.2) is 46.5 Å². The predicted octanol–water partition coefficient (Wildman–Crippen LogP) is 3.89. The average Bonchev–Trinajstić information content (AvgIpc) is 3.39. The van der Waals surface area contributed by atoms with Gasteiger partial charge in [-0.25, -0.2) is 0 Å². The number of nitrogens with zero attached hydrogens (tertiary/aromatic N) is 3. The topological polar surface area (TPSA) is 37.7 Å².